The van der Waals surface area contributed by atoms with Crippen LogP contribution in [-0.2, 0) is 17.8 Å². The predicted octanol–water partition coefficient (Wildman–Crippen LogP) is 3.11. The van der Waals surface area contributed by atoms with E-state index in [2.05, 4.69) is 32.3 Å². The van der Waals surface area contributed by atoms with Gasteiger partial charge in [0.15, 0.2) is 0 Å². The molecule has 1 N–H and O–H groups in total. The second-order valence-corrected chi connectivity index (χ2v) is 7.80. The number of ether oxygens (including phenoxy) is 1. The van der Waals surface area contributed by atoms with Crippen LogP contribution in [0.15, 0.2) is 46.9 Å². The molecule has 1 amide bonds. The molecule has 2 aromatic heterocycles. The van der Waals surface area contributed by atoms with Crippen molar-refractivity contribution in [2.45, 2.75) is 30.3 Å². The number of thiophene rings is 1. The standard InChI is InChI=1S/C17H19N5O2S2/c1-12(16(23)18-14-7-3-4-8-15(14)24-2)26-17-19-20-21-22(17)10-9-13-6-5-11-25-13/h3-8,11-12H,9-10H2,1-2H3,(H,18,23)/t12-/m0/s1. The third kappa shape index (κ3) is 4.61. The molecule has 1 aromatic carbocycles. The van der Waals surface area contributed by atoms with Gasteiger partial charge < -0.3 is 10.1 Å². The van der Waals surface area contributed by atoms with Crippen molar-refractivity contribution in [3.63, 3.8) is 0 Å². The van der Waals surface area contributed by atoms with Crippen molar-refractivity contribution in [3.05, 3.63) is 46.7 Å². The molecule has 0 aliphatic carbocycles. The van der Waals surface area contributed by atoms with Gasteiger partial charge in [0.1, 0.15) is 5.75 Å². The Kier molecular flexibility index (Phi) is 6.24. The Balaban J connectivity index is 1.60. The zero-order chi connectivity index (χ0) is 18.4. The number of aromatic nitrogens is 4. The number of carbonyl (C=O) groups excluding carboxylic acids is 1. The zero-order valence-corrected chi connectivity index (χ0v) is 16.1. The Morgan fingerprint density at radius 1 is 1.35 bits per heavy atom. The molecule has 3 rings (SSSR count). The summed E-state index contributed by atoms with van der Waals surface area (Å²) in [5, 5.41) is 17.0. The fourth-order valence-corrected chi connectivity index (χ4v) is 3.80. The number of nitrogens with one attached hydrogen (secondary N) is 1. The van der Waals surface area contributed by atoms with Crippen molar-refractivity contribution in [1.29, 1.82) is 0 Å². The monoisotopic (exact) mass is 389 g/mol. The lowest BCUT2D eigenvalue weighted by Gasteiger charge is -2.13. The number of anilines is 1. The van der Waals surface area contributed by atoms with Gasteiger partial charge in [0, 0.05) is 11.3 Å². The van der Waals surface area contributed by atoms with Crippen LogP contribution in [0, 0.1) is 0 Å². The number of para-hydroxylation sites is 2. The molecule has 0 saturated carbocycles. The number of tetrazole rings is 1. The number of amides is 1. The first-order chi connectivity index (χ1) is 12.7. The molecule has 2 heterocycles. The summed E-state index contributed by atoms with van der Waals surface area (Å²) in [7, 11) is 1.57. The molecule has 1 atom stereocenters. The Morgan fingerprint density at radius 3 is 2.96 bits per heavy atom. The molecule has 136 valence electrons. The zero-order valence-electron chi connectivity index (χ0n) is 14.5. The highest BCUT2D eigenvalue weighted by Crippen LogP contribution is 2.26. The fourth-order valence-electron chi connectivity index (χ4n) is 2.29. The Bertz CT molecular complexity index is 850. The van der Waals surface area contributed by atoms with Crippen LogP contribution in [0.4, 0.5) is 5.69 Å². The second kappa shape index (κ2) is 8.81. The molecule has 0 unspecified atom stereocenters. The van der Waals surface area contributed by atoms with E-state index >= 15 is 0 Å². The van der Waals surface area contributed by atoms with Gasteiger partial charge in [0.25, 0.3) is 0 Å². The quantitative estimate of drug-likeness (QED) is 0.596. The van der Waals surface area contributed by atoms with Crippen molar-refractivity contribution in [2.24, 2.45) is 0 Å². The van der Waals surface area contributed by atoms with Crippen molar-refractivity contribution in [3.8, 4) is 5.75 Å². The largest absolute Gasteiger partial charge is 0.495 e. The fraction of sp³-hybridized carbons (Fsp3) is 0.294. The van der Waals surface area contributed by atoms with Crippen molar-refractivity contribution in [1.82, 2.24) is 20.2 Å². The number of nitrogens with zero attached hydrogens (tertiary/aromatic N) is 4. The van der Waals surface area contributed by atoms with Crippen LogP contribution in [0.3, 0.4) is 0 Å². The third-order valence-electron chi connectivity index (χ3n) is 3.67. The topological polar surface area (TPSA) is 81.9 Å². The number of aryl methyl sites for hydroxylation is 2. The molecule has 3 aromatic rings. The normalized spacial score (nSPS) is 11.9. The van der Waals surface area contributed by atoms with Gasteiger partial charge in [-0.2, -0.15) is 0 Å². The lowest BCUT2D eigenvalue weighted by Crippen LogP contribution is -2.23. The molecule has 7 nitrogen and oxygen atoms in total. The van der Waals surface area contributed by atoms with Crippen molar-refractivity contribution in [2.75, 3.05) is 12.4 Å². The average Bonchev–Trinajstić information content (AvgIpc) is 3.32. The number of hydrogen-bond acceptors (Lipinski definition) is 7. The van der Waals surface area contributed by atoms with Crippen LogP contribution in [0.5, 0.6) is 5.75 Å². The lowest BCUT2D eigenvalue weighted by atomic mass is 10.3. The minimum absolute atomic E-state index is 0.132. The number of hydrogen-bond donors (Lipinski definition) is 1. The third-order valence-corrected chi connectivity index (χ3v) is 5.67. The highest BCUT2D eigenvalue weighted by atomic mass is 32.2. The summed E-state index contributed by atoms with van der Waals surface area (Å²) in [6.45, 7) is 2.50. The lowest BCUT2D eigenvalue weighted by molar-refractivity contribution is -0.115. The van der Waals surface area contributed by atoms with Crippen LogP contribution in [0.2, 0.25) is 0 Å². The molecule has 0 aliphatic rings. The molecular weight excluding hydrogens is 370 g/mol. The molecule has 0 bridgehead atoms. The smallest absolute Gasteiger partial charge is 0.237 e. The summed E-state index contributed by atoms with van der Waals surface area (Å²) in [5.74, 6) is 0.492. The maximum atomic E-state index is 12.5. The van der Waals surface area contributed by atoms with E-state index < -0.39 is 0 Å². The number of methoxy groups -OCH3 is 1. The van der Waals surface area contributed by atoms with Gasteiger partial charge in [-0.1, -0.05) is 30.0 Å². The first kappa shape index (κ1) is 18.4. The Labute approximate surface area is 159 Å². The van der Waals surface area contributed by atoms with E-state index in [0.29, 0.717) is 23.1 Å². The second-order valence-electron chi connectivity index (χ2n) is 5.46. The molecule has 9 heteroatoms. The summed E-state index contributed by atoms with van der Waals surface area (Å²) >= 11 is 3.04. The van der Waals surface area contributed by atoms with Crippen LogP contribution in [0.1, 0.15) is 11.8 Å². The minimum atomic E-state index is -0.355. The summed E-state index contributed by atoms with van der Waals surface area (Å²) in [6, 6.07) is 11.4. The maximum absolute atomic E-state index is 12.5. The maximum Gasteiger partial charge on any atom is 0.237 e. The molecule has 0 spiro atoms. The van der Waals surface area contributed by atoms with E-state index in [-0.39, 0.29) is 11.2 Å². The van der Waals surface area contributed by atoms with E-state index in [1.807, 2.05) is 25.1 Å². The van der Waals surface area contributed by atoms with Gasteiger partial charge in [-0.3, -0.25) is 4.79 Å². The van der Waals surface area contributed by atoms with E-state index in [0.717, 1.165) is 6.42 Å². The van der Waals surface area contributed by atoms with E-state index in [1.165, 1.54) is 16.6 Å². The number of thioether (sulfide) groups is 1. The summed E-state index contributed by atoms with van der Waals surface area (Å²) in [5.41, 5.74) is 0.643. The summed E-state index contributed by atoms with van der Waals surface area (Å²) < 4.78 is 6.99. The van der Waals surface area contributed by atoms with Crippen LogP contribution in [-0.4, -0.2) is 38.5 Å². The van der Waals surface area contributed by atoms with Crippen LogP contribution in [0.25, 0.3) is 0 Å². The number of rotatable bonds is 8. The summed E-state index contributed by atoms with van der Waals surface area (Å²) in [6.07, 6.45) is 0.859. The van der Waals surface area contributed by atoms with Gasteiger partial charge >= 0.3 is 0 Å². The van der Waals surface area contributed by atoms with E-state index in [4.69, 9.17) is 4.74 Å². The number of carbonyl (C=O) groups is 1. The average molecular weight is 390 g/mol. The first-order valence-electron chi connectivity index (χ1n) is 8.06. The van der Waals surface area contributed by atoms with Crippen molar-refractivity contribution >= 4 is 34.7 Å². The highest BCUT2D eigenvalue weighted by Gasteiger charge is 2.19. The van der Waals surface area contributed by atoms with Gasteiger partial charge in [-0.05, 0) is 40.9 Å². The van der Waals surface area contributed by atoms with Gasteiger partial charge in [0.2, 0.25) is 11.1 Å². The molecule has 0 saturated heterocycles. The number of benzene rings is 1. The molecule has 0 aliphatic heterocycles. The van der Waals surface area contributed by atoms with Gasteiger partial charge in [0.05, 0.1) is 24.6 Å². The molecular formula is C17H19N5O2S2. The van der Waals surface area contributed by atoms with Crippen molar-refractivity contribution < 1.29 is 9.53 Å². The van der Waals surface area contributed by atoms with Crippen LogP contribution >= 0.6 is 23.1 Å². The predicted molar refractivity (Wildman–Crippen MR) is 103 cm³/mol. The molecule has 0 radical (unpaired) electrons. The van der Waals surface area contributed by atoms with E-state index in [1.54, 1.807) is 35.3 Å². The highest BCUT2D eigenvalue weighted by molar-refractivity contribution is 8.00. The van der Waals surface area contributed by atoms with Gasteiger partial charge in [-0.25, -0.2) is 4.68 Å². The Morgan fingerprint density at radius 2 is 2.19 bits per heavy atom. The molecule has 26 heavy (non-hydrogen) atoms. The van der Waals surface area contributed by atoms with E-state index in [9.17, 15) is 4.79 Å². The minimum Gasteiger partial charge on any atom is -0.495 e. The SMILES string of the molecule is COc1ccccc1NC(=O)[C@H](C)Sc1nnnn1CCc1cccs1. The first-order valence-corrected chi connectivity index (χ1v) is 9.82. The van der Waals surface area contributed by atoms with Crippen LogP contribution < -0.4 is 10.1 Å². The molecule has 0 fully saturated rings. The van der Waals surface area contributed by atoms with Gasteiger partial charge in [-0.15, -0.1) is 16.4 Å². The Hall–Kier alpha value is -2.39. The summed E-state index contributed by atoms with van der Waals surface area (Å²) in [4.78, 5) is 13.8.